The van der Waals surface area contributed by atoms with Crippen LogP contribution in [0.5, 0.6) is 0 Å². The van der Waals surface area contributed by atoms with Gasteiger partial charge in [0.1, 0.15) is 23.2 Å². The highest BCUT2D eigenvalue weighted by atomic mass is 16.3. The van der Waals surface area contributed by atoms with E-state index in [-0.39, 0.29) is 11.6 Å². The van der Waals surface area contributed by atoms with Gasteiger partial charge in [-0.15, -0.1) is 0 Å². The van der Waals surface area contributed by atoms with Gasteiger partial charge in [-0.3, -0.25) is 4.79 Å². The summed E-state index contributed by atoms with van der Waals surface area (Å²) in [5, 5.41) is 11.9. The fourth-order valence-electron chi connectivity index (χ4n) is 1.92. The first kappa shape index (κ1) is 14.6. The van der Waals surface area contributed by atoms with E-state index in [0.29, 0.717) is 5.76 Å². The van der Waals surface area contributed by atoms with Crippen molar-refractivity contribution in [2.24, 2.45) is 0 Å². The summed E-state index contributed by atoms with van der Waals surface area (Å²) in [5.74, 6) is 0.811. The molecule has 2 aromatic rings. The Morgan fingerprint density at radius 3 is 2.57 bits per heavy atom. The number of benzene rings is 1. The monoisotopic (exact) mass is 280 g/mol. The van der Waals surface area contributed by atoms with E-state index in [0.717, 1.165) is 11.3 Å². The number of rotatable bonds is 4. The van der Waals surface area contributed by atoms with Crippen molar-refractivity contribution in [1.82, 2.24) is 5.32 Å². The lowest BCUT2D eigenvalue weighted by atomic mass is 10.1. The van der Waals surface area contributed by atoms with E-state index in [9.17, 15) is 4.79 Å². The highest BCUT2D eigenvalue weighted by Gasteiger charge is 2.14. The molecule has 0 bridgehead atoms. The molecule has 4 nitrogen and oxygen atoms in total. The zero-order valence-electron chi connectivity index (χ0n) is 12.0. The standard InChI is InChI=1S/C17H16N2O2/c1-12-8-9-16(21-12)10-15(11-18)17(20)19-13(2)14-6-4-3-5-7-14/h3-10,13H,1-2H3,(H,19,20)/b15-10-/t13-/m0/s1. The minimum absolute atomic E-state index is 0.0205. The van der Waals surface area contributed by atoms with Gasteiger partial charge >= 0.3 is 0 Å². The molecule has 2 rings (SSSR count). The van der Waals surface area contributed by atoms with E-state index >= 15 is 0 Å². The fourth-order valence-corrected chi connectivity index (χ4v) is 1.92. The molecule has 0 aliphatic heterocycles. The van der Waals surface area contributed by atoms with Gasteiger partial charge in [0.25, 0.3) is 5.91 Å². The summed E-state index contributed by atoms with van der Waals surface area (Å²) >= 11 is 0. The highest BCUT2D eigenvalue weighted by molar-refractivity contribution is 6.01. The largest absolute Gasteiger partial charge is 0.462 e. The molecule has 0 saturated heterocycles. The molecule has 1 amide bonds. The quantitative estimate of drug-likeness (QED) is 0.689. The van der Waals surface area contributed by atoms with Gasteiger partial charge in [-0.1, -0.05) is 30.3 Å². The number of carbonyl (C=O) groups is 1. The average Bonchev–Trinajstić information content (AvgIpc) is 2.90. The number of nitriles is 1. The van der Waals surface area contributed by atoms with Gasteiger partial charge in [-0.25, -0.2) is 0 Å². The Morgan fingerprint density at radius 1 is 1.29 bits per heavy atom. The Balaban J connectivity index is 2.11. The molecule has 0 spiro atoms. The maximum absolute atomic E-state index is 12.1. The van der Waals surface area contributed by atoms with Crippen molar-refractivity contribution in [3.05, 3.63) is 65.1 Å². The van der Waals surface area contributed by atoms with Crippen molar-refractivity contribution in [3.8, 4) is 6.07 Å². The minimum Gasteiger partial charge on any atom is -0.462 e. The van der Waals surface area contributed by atoms with Crippen LogP contribution in [0.3, 0.4) is 0 Å². The van der Waals surface area contributed by atoms with Crippen LogP contribution in [0.1, 0.15) is 30.0 Å². The Hall–Kier alpha value is -2.80. The summed E-state index contributed by atoms with van der Waals surface area (Å²) in [6.45, 7) is 3.68. The molecule has 0 radical (unpaired) electrons. The van der Waals surface area contributed by atoms with Crippen molar-refractivity contribution >= 4 is 12.0 Å². The number of hydrogen-bond acceptors (Lipinski definition) is 3. The lowest BCUT2D eigenvalue weighted by Gasteiger charge is -2.13. The number of aryl methyl sites for hydroxylation is 1. The van der Waals surface area contributed by atoms with Crippen molar-refractivity contribution in [3.63, 3.8) is 0 Å². The van der Waals surface area contributed by atoms with E-state index in [1.807, 2.05) is 43.3 Å². The molecule has 21 heavy (non-hydrogen) atoms. The van der Waals surface area contributed by atoms with Gasteiger partial charge in [-0.05, 0) is 31.5 Å². The number of hydrogen-bond donors (Lipinski definition) is 1. The topological polar surface area (TPSA) is 66.0 Å². The molecule has 0 unspecified atom stereocenters. The summed E-state index contributed by atoms with van der Waals surface area (Å²) in [7, 11) is 0. The van der Waals surface area contributed by atoms with Crippen molar-refractivity contribution in [2.45, 2.75) is 19.9 Å². The molecule has 0 fully saturated rings. The second kappa shape index (κ2) is 6.58. The van der Waals surface area contributed by atoms with Crippen molar-refractivity contribution in [2.75, 3.05) is 0 Å². The summed E-state index contributed by atoms with van der Waals surface area (Å²) in [4.78, 5) is 12.1. The zero-order chi connectivity index (χ0) is 15.2. The second-order valence-corrected chi connectivity index (χ2v) is 4.72. The molecule has 1 N–H and O–H groups in total. The normalized spacial score (nSPS) is 12.5. The number of furan rings is 1. The van der Waals surface area contributed by atoms with Crippen LogP contribution in [0, 0.1) is 18.3 Å². The van der Waals surface area contributed by atoms with Crippen LogP contribution in [-0.2, 0) is 4.79 Å². The molecule has 0 aliphatic rings. The second-order valence-electron chi connectivity index (χ2n) is 4.72. The molecule has 1 aromatic heterocycles. The summed E-state index contributed by atoms with van der Waals surface area (Å²) in [6, 6.07) is 14.8. The van der Waals surface area contributed by atoms with E-state index in [2.05, 4.69) is 5.32 Å². The van der Waals surface area contributed by atoms with Crippen molar-refractivity contribution < 1.29 is 9.21 Å². The van der Waals surface area contributed by atoms with Crippen LogP contribution >= 0.6 is 0 Å². The Bertz CT molecular complexity index is 693. The predicted molar refractivity (Wildman–Crippen MR) is 80.0 cm³/mol. The van der Waals surface area contributed by atoms with Gasteiger partial charge in [0.05, 0.1) is 6.04 Å². The average molecular weight is 280 g/mol. The van der Waals surface area contributed by atoms with Crippen LogP contribution in [0.15, 0.2) is 52.5 Å². The highest BCUT2D eigenvalue weighted by Crippen LogP contribution is 2.14. The van der Waals surface area contributed by atoms with Gasteiger partial charge in [0.2, 0.25) is 0 Å². The lowest BCUT2D eigenvalue weighted by Crippen LogP contribution is -2.27. The SMILES string of the molecule is Cc1ccc(/C=C(/C#N)C(=O)N[C@@H](C)c2ccccc2)o1. The minimum atomic E-state index is -0.414. The van der Waals surface area contributed by atoms with Crippen LogP contribution in [0.4, 0.5) is 0 Å². The predicted octanol–water partition coefficient (Wildman–Crippen LogP) is 3.37. The van der Waals surface area contributed by atoms with Gasteiger partial charge in [-0.2, -0.15) is 5.26 Å². The molecule has 0 saturated carbocycles. The number of carbonyl (C=O) groups excluding carboxylic acids is 1. The summed E-state index contributed by atoms with van der Waals surface area (Å²) in [5.41, 5.74) is 1.00. The third kappa shape index (κ3) is 3.83. The molecule has 106 valence electrons. The Morgan fingerprint density at radius 2 is 2.00 bits per heavy atom. The molecule has 1 atom stereocenters. The first-order valence-electron chi connectivity index (χ1n) is 6.64. The van der Waals surface area contributed by atoms with Gasteiger partial charge < -0.3 is 9.73 Å². The third-order valence-corrected chi connectivity index (χ3v) is 3.06. The number of nitrogens with zero attached hydrogens (tertiary/aromatic N) is 1. The maximum atomic E-state index is 12.1. The van der Waals surface area contributed by atoms with Crippen LogP contribution in [-0.4, -0.2) is 5.91 Å². The van der Waals surface area contributed by atoms with E-state index in [1.165, 1.54) is 6.08 Å². The smallest absolute Gasteiger partial charge is 0.262 e. The molecule has 0 aliphatic carbocycles. The molecule has 1 aromatic carbocycles. The zero-order valence-corrected chi connectivity index (χ0v) is 12.0. The molecule has 1 heterocycles. The number of amides is 1. The first-order chi connectivity index (χ1) is 10.1. The van der Waals surface area contributed by atoms with E-state index < -0.39 is 5.91 Å². The number of nitrogens with one attached hydrogen (secondary N) is 1. The van der Waals surface area contributed by atoms with Crippen LogP contribution in [0.2, 0.25) is 0 Å². The Labute approximate surface area is 123 Å². The molecular formula is C17H16N2O2. The van der Waals surface area contributed by atoms with Gasteiger partial charge in [0, 0.05) is 6.08 Å². The van der Waals surface area contributed by atoms with Gasteiger partial charge in [0.15, 0.2) is 0 Å². The maximum Gasteiger partial charge on any atom is 0.262 e. The Kier molecular flexibility index (Phi) is 4.57. The molecular weight excluding hydrogens is 264 g/mol. The third-order valence-electron chi connectivity index (χ3n) is 3.06. The first-order valence-corrected chi connectivity index (χ1v) is 6.64. The van der Waals surface area contributed by atoms with E-state index in [4.69, 9.17) is 9.68 Å². The van der Waals surface area contributed by atoms with Crippen LogP contribution < -0.4 is 5.32 Å². The van der Waals surface area contributed by atoms with Crippen molar-refractivity contribution in [1.29, 1.82) is 5.26 Å². The lowest BCUT2D eigenvalue weighted by molar-refractivity contribution is -0.117. The summed E-state index contributed by atoms with van der Waals surface area (Å²) in [6.07, 6.45) is 1.44. The van der Waals surface area contributed by atoms with E-state index in [1.54, 1.807) is 19.1 Å². The summed E-state index contributed by atoms with van der Waals surface area (Å²) < 4.78 is 5.35. The van der Waals surface area contributed by atoms with Crippen LogP contribution in [0.25, 0.3) is 6.08 Å². The molecule has 4 heteroatoms. The fraction of sp³-hybridized carbons (Fsp3) is 0.176.